The highest BCUT2D eigenvalue weighted by molar-refractivity contribution is 5.95. The van der Waals surface area contributed by atoms with E-state index in [4.69, 9.17) is 0 Å². The normalized spacial score (nSPS) is 13.6. The molecule has 1 amide bonds. The van der Waals surface area contributed by atoms with Crippen LogP contribution in [0.2, 0.25) is 0 Å². The van der Waals surface area contributed by atoms with Gasteiger partial charge in [0.15, 0.2) is 0 Å². The maximum Gasteiger partial charge on any atom is 0.241 e. The molecule has 28 heavy (non-hydrogen) atoms. The number of amides is 1. The van der Waals surface area contributed by atoms with Crippen molar-refractivity contribution in [3.05, 3.63) is 83.7 Å². The lowest BCUT2D eigenvalue weighted by atomic mass is 10.0. The molecule has 0 spiro atoms. The average molecular weight is 374 g/mol. The second kappa shape index (κ2) is 8.40. The van der Waals surface area contributed by atoms with Gasteiger partial charge in [0.1, 0.15) is 0 Å². The number of likely N-dealkylation sites (N-methyl/N-ethyl adjacent to an activating group) is 1. The Kier molecular flexibility index (Phi) is 5.53. The van der Waals surface area contributed by atoms with Gasteiger partial charge in [-0.05, 0) is 37.1 Å². The first-order valence-corrected chi connectivity index (χ1v) is 9.81. The Balaban J connectivity index is 1.35. The van der Waals surface area contributed by atoms with E-state index < -0.39 is 0 Å². The van der Waals surface area contributed by atoms with Crippen LogP contribution in [0.25, 0.3) is 0 Å². The van der Waals surface area contributed by atoms with Gasteiger partial charge in [0, 0.05) is 30.5 Å². The Labute approximate surface area is 166 Å². The van der Waals surface area contributed by atoms with Crippen LogP contribution in [0.15, 0.2) is 67.0 Å². The Morgan fingerprint density at radius 3 is 2.71 bits per heavy atom. The van der Waals surface area contributed by atoms with E-state index >= 15 is 0 Å². The van der Waals surface area contributed by atoms with E-state index in [1.54, 1.807) is 0 Å². The Bertz CT molecular complexity index is 935. The van der Waals surface area contributed by atoms with Crippen LogP contribution in [-0.4, -0.2) is 40.7 Å². The summed E-state index contributed by atoms with van der Waals surface area (Å²) in [5, 5.41) is 4.46. The molecule has 1 aliphatic rings. The van der Waals surface area contributed by atoms with Crippen molar-refractivity contribution < 1.29 is 4.79 Å². The third kappa shape index (κ3) is 4.31. The van der Waals surface area contributed by atoms with Crippen LogP contribution in [0.4, 0.5) is 5.69 Å². The SMILES string of the molecule is CN(CC(=O)N1CCCc2ccccc21)Cc1cnn(Cc2ccccc2)c1. The van der Waals surface area contributed by atoms with Crippen molar-refractivity contribution in [1.29, 1.82) is 0 Å². The highest BCUT2D eigenvalue weighted by Gasteiger charge is 2.22. The molecule has 1 aliphatic heterocycles. The third-order valence-corrected chi connectivity index (χ3v) is 5.14. The summed E-state index contributed by atoms with van der Waals surface area (Å²) in [6.45, 7) is 2.67. The van der Waals surface area contributed by atoms with E-state index in [0.29, 0.717) is 13.1 Å². The zero-order chi connectivity index (χ0) is 19.3. The molecule has 3 aromatic rings. The van der Waals surface area contributed by atoms with Crippen molar-refractivity contribution in [1.82, 2.24) is 14.7 Å². The molecule has 0 fully saturated rings. The molecule has 144 valence electrons. The summed E-state index contributed by atoms with van der Waals surface area (Å²) in [5.74, 6) is 0.159. The van der Waals surface area contributed by atoms with Crippen LogP contribution in [0.3, 0.4) is 0 Å². The van der Waals surface area contributed by atoms with E-state index in [0.717, 1.165) is 37.2 Å². The van der Waals surface area contributed by atoms with Crippen LogP contribution in [0, 0.1) is 0 Å². The van der Waals surface area contributed by atoms with Gasteiger partial charge in [-0.2, -0.15) is 5.10 Å². The Hall–Kier alpha value is -2.92. The number of carbonyl (C=O) groups excluding carboxylic acids is 1. The lowest BCUT2D eigenvalue weighted by molar-refractivity contribution is -0.119. The number of fused-ring (bicyclic) bond motifs is 1. The summed E-state index contributed by atoms with van der Waals surface area (Å²) in [6.07, 6.45) is 6.03. The quantitative estimate of drug-likeness (QED) is 0.664. The average Bonchev–Trinajstić information content (AvgIpc) is 3.14. The van der Waals surface area contributed by atoms with E-state index in [1.807, 2.05) is 53.2 Å². The number of rotatable bonds is 6. The second-order valence-electron chi connectivity index (χ2n) is 7.48. The zero-order valence-corrected chi connectivity index (χ0v) is 16.3. The topological polar surface area (TPSA) is 41.4 Å². The van der Waals surface area contributed by atoms with Crippen molar-refractivity contribution in [2.45, 2.75) is 25.9 Å². The van der Waals surface area contributed by atoms with Gasteiger partial charge in [0.05, 0.1) is 19.3 Å². The minimum Gasteiger partial charge on any atom is -0.311 e. The number of hydrogen-bond donors (Lipinski definition) is 0. The van der Waals surface area contributed by atoms with Crippen molar-refractivity contribution in [3.8, 4) is 0 Å². The molecular formula is C23H26N4O. The number of nitrogens with zero attached hydrogens (tertiary/aromatic N) is 4. The fourth-order valence-electron chi connectivity index (χ4n) is 3.82. The molecule has 0 atom stereocenters. The summed E-state index contributed by atoms with van der Waals surface area (Å²) >= 11 is 0. The van der Waals surface area contributed by atoms with Crippen molar-refractivity contribution in [2.24, 2.45) is 0 Å². The van der Waals surface area contributed by atoms with Crippen LogP contribution in [-0.2, 0) is 24.3 Å². The minimum absolute atomic E-state index is 0.159. The van der Waals surface area contributed by atoms with Gasteiger partial charge >= 0.3 is 0 Å². The second-order valence-corrected chi connectivity index (χ2v) is 7.48. The molecule has 0 unspecified atom stereocenters. The molecule has 0 aliphatic carbocycles. The highest BCUT2D eigenvalue weighted by Crippen LogP contribution is 2.26. The smallest absolute Gasteiger partial charge is 0.241 e. The summed E-state index contributed by atoms with van der Waals surface area (Å²) in [6, 6.07) is 18.5. The predicted molar refractivity (Wildman–Crippen MR) is 111 cm³/mol. The fourth-order valence-corrected chi connectivity index (χ4v) is 3.82. The molecule has 5 nitrogen and oxygen atoms in total. The van der Waals surface area contributed by atoms with Gasteiger partial charge in [0.25, 0.3) is 0 Å². The predicted octanol–water partition coefficient (Wildman–Crippen LogP) is 3.34. The van der Waals surface area contributed by atoms with E-state index in [-0.39, 0.29) is 5.91 Å². The minimum atomic E-state index is 0.159. The fraction of sp³-hybridized carbons (Fsp3) is 0.304. The van der Waals surface area contributed by atoms with Crippen LogP contribution < -0.4 is 4.90 Å². The van der Waals surface area contributed by atoms with Gasteiger partial charge in [-0.15, -0.1) is 0 Å². The molecule has 0 bridgehead atoms. The van der Waals surface area contributed by atoms with Crippen LogP contribution in [0.5, 0.6) is 0 Å². The molecule has 0 radical (unpaired) electrons. The molecule has 0 N–H and O–H groups in total. The van der Waals surface area contributed by atoms with Gasteiger partial charge < -0.3 is 4.90 Å². The maximum atomic E-state index is 12.9. The van der Waals surface area contributed by atoms with Crippen molar-refractivity contribution in [2.75, 3.05) is 25.0 Å². The lowest BCUT2D eigenvalue weighted by Crippen LogP contribution is -2.41. The van der Waals surface area contributed by atoms with Gasteiger partial charge in [-0.3, -0.25) is 14.4 Å². The molecule has 1 aromatic heterocycles. The molecule has 2 aromatic carbocycles. The monoisotopic (exact) mass is 374 g/mol. The number of hydrogen-bond acceptors (Lipinski definition) is 3. The number of aryl methyl sites for hydroxylation is 1. The summed E-state index contributed by atoms with van der Waals surface area (Å²) in [5.41, 5.74) is 4.68. The van der Waals surface area contributed by atoms with Gasteiger partial charge in [-0.25, -0.2) is 0 Å². The summed E-state index contributed by atoms with van der Waals surface area (Å²) in [7, 11) is 1.99. The number of benzene rings is 2. The molecule has 5 heteroatoms. The lowest BCUT2D eigenvalue weighted by Gasteiger charge is -2.30. The van der Waals surface area contributed by atoms with E-state index in [9.17, 15) is 4.79 Å². The van der Waals surface area contributed by atoms with E-state index in [1.165, 1.54) is 11.1 Å². The number of carbonyl (C=O) groups is 1. The number of para-hydroxylation sites is 1. The Morgan fingerprint density at radius 2 is 1.86 bits per heavy atom. The first kappa shape index (κ1) is 18.4. The molecule has 0 saturated heterocycles. The maximum absolute atomic E-state index is 12.9. The molecular weight excluding hydrogens is 348 g/mol. The number of aromatic nitrogens is 2. The molecule has 0 saturated carbocycles. The first-order valence-electron chi connectivity index (χ1n) is 9.81. The standard InChI is InChI=1S/C23H26N4O/c1-25(15-20-14-24-26(17-20)16-19-8-3-2-4-9-19)18-23(28)27-13-7-11-21-10-5-6-12-22(21)27/h2-6,8-10,12,14,17H,7,11,13,15-16,18H2,1H3. The summed E-state index contributed by atoms with van der Waals surface area (Å²) < 4.78 is 1.95. The van der Waals surface area contributed by atoms with Crippen molar-refractivity contribution >= 4 is 11.6 Å². The van der Waals surface area contributed by atoms with Crippen LogP contribution in [0.1, 0.15) is 23.1 Å². The largest absolute Gasteiger partial charge is 0.311 e. The molecule has 2 heterocycles. The van der Waals surface area contributed by atoms with Gasteiger partial charge in [-0.1, -0.05) is 48.5 Å². The summed E-state index contributed by atoms with van der Waals surface area (Å²) in [4.78, 5) is 16.9. The van der Waals surface area contributed by atoms with E-state index in [2.05, 4.69) is 40.5 Å². The first-order chi connectivity index (χ1) is 13.7. The van der Waals surface area contributed by atoms with Gasteiger partial charge in [0.2, 0.25) is 5.91 Å². The highest BCUT2D eigenvalue weighted by atomic mass is 16.2. The third-order valence-electron chi connectivity index (χ3n) is 5.14. The zero-order valence-electron chi connectivity index (χ0n) is 16.3. The van der Waals surface area contributed by atoms with Crippen molar-refractivity contribution in [3.63, 3.8) is 0 Å². The Morgan fingerprint density at radius 1 is 1.07 bits per heavy atom. The number of anilines is 1. The molecule has 4 rings (SSSR count). The van der Waals surface area contributed by atoms with Crippen LogP contribution >= 0.6 is 0 Å².